The summed E-state index contributed by atoms with van der Waals surface area (Å²) < 4.78 is 1.95. The molecule has 7 heteroatoms. The summed E-state index contributed by atoms with van der Waals surface area (Å²) in [6, 6.07) is 15.1. The van der Waals surface area contributed by atoms with Crippen LogP contribution in [0.5, 0.6) is 0 Å². The molecule has 4 rings (SSSR count). The van der Waals surface area contributed by atoms with E-state index in [-0.39, 0.29) is 6.61 Å². The Kier molecular flexibility index (Phi) is 5.86. The zero-order valence-electron chi connectivity index (χ0n) is 16.2. The number of imidazole rings is 1. The van der Waals surface area contributed by atoms with Crippen LogP contribution in [0.1, 0.15) is 19.4 Å². The van der Waals surface area contributed by atoms with Crippen molar-refractivity contribution in [1.82, 2.24) is 19.5 Å². The molecule has 0 amide bonds. The van der Waals surface area contributed by atoms with Gasteiger partial charge in [0, 0.05) is 18.9 Å². The number of hydrogen-bond donors (Lipinski definition) is 3. The molecule has 0 fully saturated rings. The highest BCUT2D eigenvalue weighted by molar-refractivity contribution is 5.83. The van der Waals surface area contributed by atoms with Crippen LogP contribution in [0.3, 0.4) is 0 Å². The number of fused-ring (bicyclic) bond motifs is 1. The van der Waals surface area contributed by atoms with Crippen LogP contribution in [0.2, 0.25) is 0 Å². The van der Waals surface area contributed by atoms with Crippen LogP contribution in [0.25, 0.3) is 28.2 Å². The monoisotopic (exact) mass is 376 g/mol. The summed E-state index contributed by atoms with van der Waals surface area (Å²) in [6.45, 7) is 4.00. The lowest BCUT2D eigenvalue weighted by Crippen LogP contribution is -2.02. The van der Waals surface area contributed by atoms with Gasteiger partial charge in [-0.2, -0.15) is 0 Å². The van der Waals surface area contributed by atoms with Gasteiger partial charge in [-0.1, -0.05) is 26.0 Å². The minimum absolute atomic E-state index is 0.00444. The standard InChI is InChI=1S/C19H18N6O.C2H6/c1-21-16-9-8-15-19(24-16)25(13-6-4-12(11-26)5-7-13)18(23-15)14-3-2-10-22-17(14)20;1-2/h2-10,26H,11H2,1H3,(H2,20,22)(H,21,24);1-2H3. The molecule has 1 aromatic carbocycles. The third-order valence-corrected chi connectivity index (χ3v) is 4.22. The third-order valence-electron chi connectivity index (χ3n) is 4.22. The molecule has 0 saturated carbocycles. The lowest BCUT2D eigenvalue weighted by molar-refractivity contribution is 0.282. The van der Waals surface area contributed by atoms with Gasteiger partial charge in [0.1, 0.15) is 17.2 Å². The average Bonchev–Trinajstić information content (AvgIpc) is 3.13. The van der Waals surface area contributed by atoms with E-state index in [2.05, 4.69) is 15.3 Å². The molecule has 4 N–H and O–H groups in total. The largest absolute Gasteiger partial charge is 0.392 e. The number of nitrogen functional groups attached to an aromatic ring is 1. The number of rotatable bonds is 4. The van der Waals surface area contributed by atoms with Crippen molar-refractivity contribution in [1.29, 1.82) is 0 Å². The van der Waals surface area contributed by atoms with Gasteiger partial charge in [0.2, 0.25) is 0 Å². The lowest BCUT2D eigenvalue weighted by Gasteiger charge is -2.11. The lowest BCUT2D eigenvalue weighted by atomic mass is 10.2. The van der Waals surface area contributed by atoms with Gasteiger partial charge in [0.25, 0.3) is 0 Å². The van der Waals surface area contributed by atoms with Gasteiger partial charge in [0.05, 0.1) is 12.2 Å². The van der Waals surface area contributed by atoms with Crippen molar-refractivity contribution >= 4 is 22.8 Å². The third kappa shape index (κ3) is 3.52. The summed E-state index contributed by atoms with van der Waals surface area (Å²) in [6.07, 6.45) is 1.65. The Morgan fingerprint density at radius 3 is 2.43 bits per heavy atom. The maximum atomic E-state index is 9.30. The van der Waals surface area contributed by atoms with E-state index in [1.165, 1.54) is 0 Å². The van der Waals surface area contributed by atoms with Crippen molar-refractivity contribution in [2.24, 2.45) is 0 Å². The maximum Gasteiger partial charge on any atom is 0.167 e. The number of nitrogens with one attached hydrogen (secondary N) is 1. The summed E-state index contributed by atoms with van der Waals surface area (Å²) in [5.41, 5.74) is 10.0. The molecule has 0 aliphatic carbocycles. The molecule has 0 unspecified atom stereocenters. The normalized spacial score (nSPS) is 10.4. The molecular weight excluding hydrogens is 352 g/mol. The van der Waals surface area contributed by atoms with E-state index in [1.807, 2.05) is 74.0 Å². The van der Waals surface area contributed by atoms with Crippen LogP contribution >= 0.6 is 0 Å². The molecule has 7 nitrogen and oxygen atoms in total. The molecule has 3 aromatic heterocycles. The number of nitrogens with two attached hydrogens (primary N) is 1. The van der Waals surface area contributed by atoms with E-state index in [1.54, 1.807) is 6.20 Å². The molecule has 0 saturated heterocycles. The van der Waals surface area contributed by atoms with E-state index in [0.29, 0.717) is 17.3 Å². The first-order chi connectivity index (χ1) is 13.7. The average molecular weight is 376 g/mol. The van der Waals surface area contributed by atoms with Gasteiger partial charge in [-0.25, -0.2) is 15.0 Å². The number of benzene rings is 1. The Labute approximate surface area is 163 Å². The minimum Gasteiger partial charge on any atom is -0.392 e. The zero-order valence-corrected chi connectivity index (χ0v) is 16.2. The van der Waals surface area contributed by atoms with Gasteiger partial charge < -0.3 is 16.2 Å². The van der Waals surface area contributed by atoms with Crippen LogP contribution in [0.4, 0.5) is 11.6 Å². The molecule has 4 aromatic rings. The Balaban J connectivity index is 0.00000109. The van der Waals surface area contributed by atoms with Crippen LogP contribution < -0.4 is 11.1 Å². The molecule has 144 valence electrons. The summed E-state index contributed by atoms with van der Waals surface area (Å²) in [5.74, 6) is 1.82. The van der Waals surface area contributed by atoms with Gasteiger partial charge >= 0.3 is 0 Å². The molecule has 28 heavy (non-hydrogen) atoms. The van der Waals surface area contributed by atoms with Gasteiger partial charge in [-0.05, 0) is 42.0 Å². The van der Waals surface area contributed by atoms with E-state index >= 15 is 0 Å². The second kappa shape index (κ2) is 8.49. The van der Waals surface area contributed by atoms with Crippen molar-refractivity contribution in [2.45, 2.75) is 20.5 Å². The van der Waals surface area contributed by atoms with Crippen molar-refractivity contribution in [3.8, 4) is 17.1 Å². The summed E-state index contributed by atoms with van der Waals surface area (Å²) in [4.78, 5) is 13.6. The first-order valence-corrected chi connectivity index (χ1v) is 9.19. The van der Waals surface area contributed by atoms with Crippen LogP contribution in [0.15, 0.2) is 54.7 Å². The predicted octanol–water partition coefficient (Wildman–Crippen LogP) is 3.62. The Morgan fingerprint density at radius 2 is 1.79 bits per heavy atom. The number of anilines is 2. The topological polar surface area (TPSA) is 102 Å². The minimum atomic E-state index is -0.00444. The van der Waals surface area contributed by atoms with E-state index in [4.69, 9.17) is 10.7 Å². The number of aliphatic hydroxyl groups excluding tert-OH is 1. The Morgan fingerprint density at radius 1 is 1.04 bits per heavy atom. The quantitative estimate of drug-likeness (QED) is 0.503. The first kappa shape index (κ1) is 19.3. The van der Waals surface area contributed by atoms with Gasteiger partial charge in [0.15, 0.2) is 11.5 Å². The maximum absolute atomic E-state index is 9.30. The molecule has 0 atom stereocenters. The number of hydrogen-bond acceptors (Lipinski definition) is 6. The molecule has 0 radical (unpaired) electrons. The van der Waals surface area contributed by atoms with Crippen molar-refractivity contribution in [3.63, 3.8) is 0 Å². The summed E-state index contributed by atoms with van der Waals surface area (Å²) in [5, 5.41) is 12.4. The number of nitrogens with zero attached hydrogens (tertiary/aromatic N) is 4. The zero-order chi connectivity index (χ0) is 20.1. The van der Waals surface area contributed by atoms with Crippen LogP contribution in [-0.4, -0.2) is 31.7 Å². The summed E-state index contributed by atoms with van der Waals surface area (Å²) >= 11 is 0. The second-order valence-corrected chi connectivity index (χ2v) is 5.82. The highest BCUT2D eigenvalue weighted by Crippen LogP contribution is 2.30. The van der Waals surface area contributed by atoms with Crippen LogP contribution in [-0.2, 0) is 6.61 Å². The van der Waals surface area contributed by atoms with Crippen molar-refractivity contribution in [2.75, 3.05) is 18.1 Å². The smallest absolute Gasteiger partial charge is 0.167 e. The highest BCUT2D eigenvalue weighted by atomic mass is 16.3. The second-order valence-electron chi connectivity index (χ2n) is 5.82. The fraction of sp³-hybridized carbons (Fsp3) is 0.190. The van der Waals surface area contributed by atoms with Crippen LogP contribution in [0, 0.1) is 0 Å². The molecule has 0 aliphatic rings. The molecular formula is C21H24N6O. The number of aliphatic hydroxyl groups is 1. The van der Waals surface area contributed by atoms with Gasteiger partial charge in [-0.15, -0.1) is 0 Å². The first-order valence-electron chi connectivity index (χ1n) is 9.19. The van der Waals surface area contributed by atoms with Gasteiger partial charge in [-0.3, -0.25) is 4.57 Å². The highest BCUT2D eigenvalue weighted by Gasteiger charge is 2.18. The molecule has 0 aliphatic heterocycles. The van der Waals surface area contributed by atoms with E-state index in [0.717, 1.165) is 28.1 Å². The molecule has 3 heterocycles. The number of aromatic nitrogens is 4. The summed E-state index contributed by atoms with van der Waals surface area (Å²) in [7, 11) is 1.82. The SMILES string of the molecule is CC.CNc1ccc2nc(-c3cccnc3N)n(-c3ccc(CO)cc3)c2n1. The molecule has 0 bridgehead atoms. The Hall–Kier alpha value is -3.45. The van der Waals surface area contributed by atoms with Crippen molar-refractivity contribution < 1.29 is 5.11 Å². The van der Waals surface area contributed by atoms with E-state index < -0.39 is 0 Å². The van der Waals surface area contributed by atoms with Crippen molar-refractivity contribution in [3.05, 3.63) is 60.3 Å². The predicted molar refractivity (Wildman–Crippen MR) is 113 cm³/mol. The fourth-order valence-electron chi connectivity index (χ4n) is 2.88. The fourth-order valence-corrected chi connectivity index (χ4v) is 2.88. The Bertz CT molecular complexity index is 1070. The van der Waals surface area contributed by atoms with E-state index in [9.17, 15) is 5.11 Å². The number of pyridine rings is 2. The molecule has 0 spiro atoms.